The van der Waals surface area contributed by atoms with Crippen molar-refractivity contribution in [3.05, 3.63) is 42.0 Å². The van der Waals surface area contributed by atoms with Crippen molar-refractivity contribution in [1.29, 1.82) is 0 Å². The zero-order valence-electron chi connectivity index (χ0n) is 20.1. The van der Waals surface area contributed by atoms with Crippen LogP contribution in [0.1, 0.15) is 70.7 Å². The summed E-state index contributed by atoms with van der Waals surface area (Å²) >= 11 is 0. The zero-order chi connectivity index (χ0) is 23.3. The smallest absolute Gasteiger partial charge is 0.310 e. The third-order valence-electron chi connectivity index (χ3n) is 6.53. The maximum absolute atomic E-state index is 12.5. The van der Waals surface area contributed by atoms with Gasteiger partial charge in [-0.1, -0.05) is 39.8 Å². The molecule has 1 aliphatic rings. The molecule has 3 rings (SSSR count). The van der Waals surface area contributed by atoms with Crippen LogP contribution >= 0.6 is 0 Å². The molecule has 0 aromatic heterocycles. The number of amides is 1. The van der Waals surface area contributed by atoms with Crippen LogP contribution in [0.25, 0.3) is 10.8 Å². The molecule has 2 aromatic carbocycles. The van der Waals surface area contributed by atoms with Crippen LogP contribution in [0, 0.1) is 17.3 Å². The van der Waals surface area contributed by atoms with E-state index in [4.69, 9.17) is 9.47 Å². The fraction of sp³-hybridized carbons (Fsp3) is 0.556. The van der Waals surface area contributed by atoms with Gasteiger partial charge in [0.1, 0.15) is 5.75 Å². The highest BCUT2D eigenvalue weighted by molar-refractivity contribution is 5.99. The number of hydrogen-bond acceptors (Lipinski definition) is 4. The quantitative estimate of drug-likeness (QED) is 0.558. The Morgan fingerprint density at radius 2 is 1.69 bits per heavy atom. The summed E-state index contributed by atoms with van der Waals surface area (Å²) in [5.41, 5.74) is 0.942. The molecule has 1 N–H and O–H groups in total. The number of hydrogen-bond donors (Lipinski definition) is 1. The highest BCUT2D eigenvalue weighted by atomic mass is 16.5. The summed E-state index contributed by atoms with van der Waals surface area (Å²) in [4.78, 5) is 24.2. The van der Waals surface area contributed by atoms with E-state index in [2.05, 4.69) is 32.2 Å². The fourth-order valence-electron chi connectivity index (χ4n) is 4.39. The van der Waals surface area contributed by atoms with Crippen LogP contribution in [0.4, 0.5) is 0 Å². The normalized spacial score (nSPS) is 19.9. The Kier molecular flexibility index (Phi) is 7.81. The molecule has 2 aromatic rings. The molecule has 0 saturated heterocycles. The molecular formula is C27H37NO4. The summed E-state index contributed by atoms with van der Waals surface area (Å²) in [6.45, 7) is 11.1. The van der Waals surface area contributed by atoms with E-state index in [-0.39, 0.29) is 30.4 Å². The molecule has 1 aliphatic carbocycles. The molecule has 1 atom stereocenters. The van der Waals surface area contributed by atoms with E-state index in [1.165, 1.54) is 12.8 Å². The van der Waals surface area contributed by atoms with E-state index < -0.39 is 0 Å². The Hall–Kier alpha value is -2.56. The van der Waals surface area contributed by atoms with Crippen molar-refractivity contribution in [2.45, 2.75) is 66.4 Å². The van der Waals surface area contributed by atoms with E-state index in [9.17, 15) is 9.59 Å². The third kappa shape index (κ3) is 6.24. The number of ether oxygens (including phenoxy) is 2. The number of nitrogens with one attached hydrogen (secondary N) is 1. The molecule has 1 unspecified atom stereocenters. The molecule has 5 heteroatoms. The van der Waals surface area contributed by atoms with Crippen molar-refractivity contribution in [3.63, 3.8) is 0 Å². The third-order valence-corrected chi connectivity index (χ3v) is 6.53. The van der Waals surface area contributed by atoms with Crippen LogP contribution < -0.4 is 10.1 Å². The van der Waals surface area contributed by atoms with Gasteiger partial charge in [-0.25, -0.2) is 0 Å². The van der Waals surface area contributed by atoms with Gasteiger partial charge < -0.3 is 14.8 Å². The minimum absolute atomic E-state index is 0.195. The van der Waals surface area contributed by atoms with E-state index in [1.807, 2.05) is 30.3 Å². The van der Waals surface area contributed by atoms with Crippen molar-refractivity contribution >= 4 is 22.6 Å². The summed E-state index contributed by atoms with van der Waals surface area (Å²) in [7, 11) is 0. The molecule has 0 aliphatic heterocycles. The highest BCUT2D eigenvalue weighted by Gasteiger charge is 2.30. The molecular weight excluding hydrogens is 402 g/mol. The van der Waals surface area contributed by atoms with E-state index in [0.717, 1.165) is 35.3 Å². The lowest BCUT2D eigenvalue weighted by Gasteiger charge is -2.37. The Morgan fingerprint density at radius 1 is 1.03 bits per heavy atom. The van der Waals surface area contributed by atoms with Gasteiger partial charge in [0, 0.05) is 12.1 Å². The number of carbonyl (C=O) groups is 2. The second kappa shape index (κ2) is 10.4. The standard InChI is InChI=1S/C27H37NO4/c1-6-31-26(30)18(2)17-28-25(29)21-8-7-20-16-24(12-9-19(20)15-21)32-23-13-10-22(11-14-23)27(3,4)5/h7-9,12,15-16,18,22-23H,6,10-11,13-14,17H2,1-5H3,(H,28,29). The second-order valence-corrected chi connectivity index (χ2v) is 10.0. The monoisotopic (exact) mass is 439 g/mol. The van der Waals surface area contributed by atoms with Crippen LogP contribution in [0.5, 0.6) is 5.75 Å². The van der Waals surface area contributed by atoms with Crippen LogP contribution in [-0.4, -0.2) is 31.1 Å². The molecule has 0 bridgehead atoms. The molecule has 5 nitrogen and oxygen atoms in total. The lowest BCUT2D eigenvalue weighted by Crippen LogP contribution is -2.32. The van der Waals surface area contributed by atoms with Crippen LogP contribution in [0.15, 0.2) is 36.4 Å². The fourth-order valence-corrected chi connectivity index (χ4v) is 4.39. The highest BCUT2D eigenvalue weighted by Crippen LogP contribution is 2.39. The van der Waals surface area contributed by atoms with Gasteiger partial charge in [0.15, 0.2) is 0 Å². The Bertz CT molecular complexity index is 938. The van der Waals surface area contributed by atoms with Crippen molar-refractivity contribution in [2.24, 2.45) is 17.3 Å². The summed E-state index contributed by atoms with van der Waals surface area (Å²) in [5, 5.41) is 4.85. The maximum Gasteiger partial charge on any atom is 0.310 e. The molecule has 1 amide bonds. The van der Waals surface area contributed by atoms with Gasteiger partial charge >= 0.3 is 5.97 Å². The number of esters is 1. The van der Waals surface area contributed by atoms with Crippen LogP contribution in [0.3, 0.4) is 0 Å². The van der Waals surface area contributed by atoms with Gasteiger partial charge in [0.05, 0.1) is 18.6 Å². The van der Waals surface area contributed by atoms with Gasteiger partial charge in [-0.05, 0) is 79.0 Å². The first kappa shape index (κ1) is 24.1. The zero-order valence-corrected chi connectivity index (χ0v) is 20.1. The predicted octanol–water partition coefficient (Wildman–Crippen LogP) is 5.75. The lowest BCUT2D eigenvalue weighted by atomic mass is 9.72. The van der Waals surface area contributed by atoms with Crippen molar-refractivity contribution in [2.75, 3.05) is 13.2 Å². The first-order valence-electron chi connectivity index (χ1n) is 11.8. The average molecular weight is 440 g/mol. The lowest BCUT2D eigenvalue weighted by molar-refractivity contribution is -0.147. The molecule has 0 heterocycles. The van der Waals surface area contributed by atoms with Crippen molar-refractivity contribution in [3.8, 4) is 5.75 Å². The maximum atomic E-state index is 12.5. The van der Waals surface area contributed by atoms with Crippen LogP contribution in [-0.2, 0) is 9.53 Å². The molecule has 0 radical (unpaired) electrons. The van der Waals surface area contributed by atoms with Gasteiger partial charge in [-0.2, -0.15) is 0 Å². The Labute approximate surface area is 191 Å². The van der Waals surface area contributed by atoms with E-state index in [0.29, 0.717) is 17.6 Å². The van der Waals surface area contributed by atoms with Gasteiger partial charge in [0.25, 0.3) is 5.91 Å². The molecule has 174 valence electrons. The molecule has 1 fully saturated rings. The minimum atomic E-state index is -0.377. The molecule has 32 heavy (non-hydrogen) atoms. The van der Waals surface area contributed by atoms with Crippen molar-refractivity contribution in [1.82, 2.24) is 5.32 Å². The van der Waals surface area contributed by atoms with E-state index >= 15 is 0 Å². The van der Waals surface area contributed by atoms with Crippen molar-refractivity contribution < 1.29 is 19.1 Å². The Balaban J connectivity index is 1.58. The topological polar surface area (TPSA) is 64.6 Å². The molecule has 0 spiro atoms. The van der Waals surface area contributed by atoms with Gasteiger partial charge in [-0.3, -0.25) is 9.59 Å². The minimum Gasteiger partial charge on any atom is -0.490 e. The largest absolute Gasteiger partial charge is 0.490 e. The summed E-state index contributed by atoms with van der Waals surface area (Å²) < 4.78 is 11.3. The molecule has 1 saturated carbocycles. The number of fused-ring (bicyclic) bond motifs is 1. The number of carbonyl (C=O) groups excluding carboxylic acids is 2. The van der Waals surface area contributed by atoms with Crippen LogP contribution in [0.2, 0.25) is 0 Å². The second-order valence-electron chi connectivity index (χ2n) is 10.0. The van der Waals surface area contributed by atoms with Gasteiger partial charge in [0.2, 0.25) is 0 Å². The summed E-state index contributed by atoms with van der Waals surface area (Å²) in [5.74, 6) is 0.781. The average Bonchev–Trinajstić information content (AvgIpc) is 2.76. The first-order valence-corrected chi connectivity index (χ1v) is 11.8. The summed E-state index contributed by atoms with van der Waals surface area (Å²) in [6, 6.07) is 11.7. The van der Waals surface area contributed by atoms with Gasteiger partial charge in [-0.15, -0.1) is 0 Å². The summed E-state index contributed by atoms with van der Waals surface area (Å²) in [6.07, 6.45) is 4.91. The number of rotatable bonds is 7. The first-order chi connectivity index (χ1) is 15.2. The number of benzene rings is 2. The predicted molar refractivity (Wildman–Crippen MR) is 128 cm³/mol. The SMILES string of the molecule is CCOC(=O)C(C)CNC(=O)c1ccc2cc(OC3CCC(C(C)(C)C)CC3)ccc2c1. The van der Waals surface area contributed by atoms with E-state index in [1.54, 1.807) is 13.8 Å². The Morgan fingerprint density at radius 3 is 2.34 bits per heavy atom.